The first kappa shape index (κ1) is 34.3. The van der Waals surface area contributed by atoms with Crippen LogP contribution in [0.15, 0.2) is 72.8 Å². The van der Waals surface area contributed by atoms with Gasteiger partial charge in [0.25, 0.3) is 0 Å². The molecular formula is C30H31F6NO6Si. The molecule has 0 bridgehead atoms. The van der Waals surface area contributed by atoms with Crippen molar-refractivity contribution in [3.63, 3.8) is 0 Å². The SMILES string of the molecule is COC(=O)c1cccc(CC(NC(=O)OCC[Si](C)(C)C)(c2cccc(OC(F)(F)F)c2)c2cccc(OC(F)(F)F)c2)c1. The second-order valence-corrected chi connectivity index (χ2v) is 16.6. The Labute approximate surface area is 251 Å². The second kappa shape index (κ2) is 13.6. The van der Waals surface area contributed by atoms with E-state index in [1.165, 1.54) is 49.6 Å². The van der Waals surface area contributed by atoms with Crippen LogP contribution in [0.4, 0.5) is 31.1 Å². The molecule has 0 aromatic heterocycles. The maximum Gasteiger partial charge on any atom is 0.573 e. The summed E-state index contributed by atoms with van der Waals surface area (Å²) in [5.74, 6) is -1.96. The number of carbonyl (C=O) groups is 2. The Balaban J connectivity index is 2.25. The van der Waals surface area contributed by atoms with Crippen molar-refractivity contribution < 1.29 is 54.9 Å². The number of alkyl carbamates (subject to hydrolysis) is 1. The first-order valence-electron chi connectivity index (χ1n) is 13.2. The van der Waals surface area contributed by atoms with Gasteiger partial charge >= 0.3 is 24.8 Å². The minimum Gasteiger partial charge on any atom is -0.465 e. The number of nitrogens with one attached hydrogen (secondary N) is 1. The van der Waals surface area contributed by atoms with Crippen molar-refractivity contribution >= 4 is 20.1 Å². The van der Waals surface area contributed by atoms with Gasteiger partial charge in [-0.05, 0) is 59.1 Å². The fraction of sp³-hybridized carbons (Fsp3) is 0.333. The van der Waals surface area contributed by atoms with E-state index in [4.69, 9.17) is 9.47 Å². The molecule has 7 nitrogen and oxygen atoms in total. The summed E-state index contributed by atoms with van der Waals surface area (Å²) in [5.41, 5.74) is -1.34. The molecule has 1 N–H and O–H groups in total. The third-order valence-corrected chi connectivity index (χ3v) is 8.04. The average Bonchev–Trinajstić information content (AvgIpc) is 2.90. The molecule has 0 aliphatic rings. The lowest BCUT2D eigenvalue weighted by molar-refractivity contribution is -0.275. The Kier molecular flexibility index (Phi) is 10.6. The lowest BCUT2D eigenvalue weighted by Gasteiger charge is -2.36. The molecule has 0 saturated heterocycles. The van der Waals surface area contributed by atoms with Gasteiger partial charge < -0.3 is 24.3 Å². The molecule has 44 heavy (non-hydrogen) atoms. The van der Waals surface area contributed by atoms with E-state index >= 15 is 0 Å². The molecule has 3 rings (SSSR count). The summed E-state index contributed by atoms with van der Waals surface area (Å²) in [6, 6.07) is 15.9. The van der Waals surface area contributed by atoms with E-state index in [1.807, 2.05) is 0 Å². The molecule has 0 aliphatic carbocycles. The zero-order valence-electron chi connectivity index (χ0n) is 24.3. The number of hydrogen-bond acceptors (Lipinski definition) is 6. The normalized spacial score (nSPS) is 12.3. The number of benzene rings is 3. The number of alkyl halides is 6. The lowest BCUT2D eigenvalue weighted by Crippen LogP contribution is -2.49. The van der Waals surface area contributed by atoms with Gasteiger partial charge in [0.2, 0.25) is 0 Å². The van der Waals surface area contributed by atoms with Crippen LogP contribution in [0.5, 0.6) is 11.5 Å². The van der Waals surface area contributed by atoms with Crippen LogP contribution in [0.2, 0.25) is 25.7 Å². The van der Waals surface area contributed by atoms with E-state index in [9.17, 15) is 35.9 Å². The van der Waals surface area contributed by atoms with Crippen LogP contribution < -0.4 is 14.8 Å². The van der Waals surface area contributed by atoms with Crippen LogP contribution in [0, 0.1) is 0 Å². The van der Waals surface area contributed by atoms with Gasteiger partial charge in [0, 0.05) is 14.5 Å². The highest BCUT2D eigenvalue weighted by molar-refractivity contribution is 6.76. The molecule has 0 atom stereocenters. The van der Waals surface area contributed by atoms with E-state index in [-0.39, 0.29) is 29.7 Å². The lowest BCUT2D eigenvalue weighted by atomic mass is 9.77. The number of rotatable bonds is 11. The van der Waals surface area contributed by atoms with Crippen LogP contribution >= 0.6 is 0 Å². The molecule has 3 aromatic rings. The molecule has 0 spiro atoms. The number of methoxy groups -OCH3 is 1. The molecule has 0 fully saturated rings. The van der Waals surface area contributed by atoms with Crippen LogP contribution in [-0.4, -0.2) is 46.6 Å². The summed E-state index contributed by atoms with van der Waals surface area (Å²) >= 11 is 0. The number of esters is 1. The monoisotopic (exact) mass is 643 g/mol. The van der Waals surface area contributed by atoms with E-state index in [1.54, 1.807) is 6.07 Å². The third-order valence-electron chi connectivity index (χ3n) is 6.34. The van der Waals surface area contributed by atoms with Crippen molar-refractivity contribution in [2.45, 2.75) is 50.4 Å². The predicted molar refractivity (Wildman–Crippen MR) is 151 cm³/mol. The molecule has 3 aromatic carbocycles. The fourth-order valence-corrected chi connectivity index (χ4v) is 5.08. The number of carbonyl (C=O) groups excluding carboxylic acids is 2. The van der Waals surface area contributed by atoms with E-state index in [0.717, 1.165) is 24.3 Å². The van der Waals surface area contributed by atoms with Crippen molar-refractivity contribution in [1.82, 2.24) is 5.32 Å². The maximum absolute atomic E-state index is 13.3. The van der Waals surface area contributed by atoms with Crippen LogP contribution in [-0.2, 0) is 21.4 Å². The zero-order valence-corrected chi connectivity index (χ0v) is 25.3. The summed E-state index contributed by atoms with van der Waals surface area (Å²) in [4.78, 5) is 25.6. The van der Waals surface area contributed by atoms with E-state index in [2.05, 4.69) is 34.4 Å². The van der Waals surface area contributed by atoms with Gasteiger partial charge in [0.1, 0.15) is 11.5 Å². The third kappa shape index (κ3) is 10.2. The van der Waals surface area contributed by atoms with Crippen molar-refractivity contribution in [2.75, 3.05) is 13.7 Å². The smallest absolute Gasteiger partial charge is 0.465 e. The molecule has 1 amide bonds. The molecule has 0 unspecified atom stereocenters. The van der Waals surface area contributed by atoms with Gasteiger partial charge in [-0.25, -0.2) is 9.59 Å². The van der Waals surface area contributed by atoms with Gasteiger partial charge in [-0.2, -0.15) is 0 Å². The maximum atomic E-state index is 13.3. The molecule has 0 saturated carbocycles. The summed E-state index contributed by atoms with van der Waals surface area (Å²) in [6.45, 7) is 6.21. The van der Waals surface area contributed by atoms with Crippen molar-refractivity contribution in [1.29, 1.82) is 0 Å². The van der Waals surface area contributed by atoms with Gasteiger partial charge in [-0.15, -0.1) is 26.3 Å². The van der Waals surface area contributed by atoms with Crippen molar-refractivity contribution in [3.05, 3.63) is 95.1 Å². The molecule has 0 radical (unpaired) electrons. The Hall–Kier alpha value is -4.20. The Morgan fingerprint density at radius 1 is 0.773 bits per heavy atom. The predicted octanol–water partition coefficient (Wildman–Crippen LogP) is 7.82. The highest BCUT2D eigenvalue weighted by Crippen LogP contribution is 2.38. The minimum absolute atomic E-state index is 0.00836. The Morgan fingerprint density at radius 2 is 1.30 bits per heavy atom. The average molecular weight is 644 g/mol. The fourth-order valence-electron chi connectivity index (χ4n) is 4.37. The topological polar surface area (TPSA) is 83.1 Å². The van der Waals surface area contributed by atoms with Crippen molar-refractivity contribution in [2.24, 2.45) is 0 Å². The number of hydrogen-bond donors (Lipinski definition) is 1. The van der Waals surface area contributed by atoms with E-state index in [0.29, 0.717) is 11.6 Å². The second-order valence-electron chi connectivity index (χ2n) is 11.0. The van der Waals surface area contributed by atoms with Gasteiger partial charge in [-0.1, -0.05) is 56.0 Å². The number of halogens is 6. The van der Waals surface area contributed by atoms with Crippen LogP contribution in [0.1, 0.15) is 27.0 Å². The molecule has 0 aliphatic heterocycles. The first-order valence-corrected chi connectivity index (χ1v) is 16.9. The Bertz CT molecular complexity index is 1400. The molecular weight excluding hydrogens is 612 g/mol. The highest BCUT2D eigenvalue weighted by Gasteiger charge is 2.40. The summed E-state index contributed by atoms with van der Waals surface area (Å²) < 4.78 is 97.5. The summed E-state index contributed by atoms with van der Waals surface area (Å²) in [6.07, 6.45) is -11.3. The number of ether oxygens (including phenoxy) is 4. The highest BCUT2D eigenvalue weighted by atomic mass is 28.3. The Morgan fingerprint density at radius 3 is 1.77 bits per heavy atom. The largest absolute Gasteiger partial charge is 0.573 e. The van der Waals surface area contributed by atoms with Gasteiger partial charge in [0.15, 0.2) is 0 Å². The molecule has 238 valence electrons. The minimum atomic E-state index is -5.06. The van der Waals surface area contributed by atoms with Gasteiger partial charge in [0.05, 0.1) is 24.8 Å². The van der Waals surface area contributed by atoms with Crippen LogP contribution in [0.3, 0.4) is 0 Å². The van der Waals surface area contributed by atoms with E-state index < -0.39 is 49.9 Å². The van der Waals surface area contributed by atoms with Crippen molar-refractivity contribution in [3.8, 4) is 11.5 Å². The van der Waals surface area contributed by atoms with Gasteiger partial charge in [-0.3, -0.25) is 0 Å². The number of amides is 1. The van der Waals surface area contributed by atoms with Crippen LogP contribution in [0.25, 0.3) is 0 Å². The zero-order chi connectivity index (χ0) is 32.8. The standard InChI is InChI=1S/C30H31F6NO6Si/c1-40-26(38)21-9-5-8-20(16-21)19-28(37-27(39)41-14-15-44(2,3)4,22-10-6-12-24(17-22)42-29(31,32)33)23-11-7-13-25(18-23)43-30(34,35)36/h5-13,16-18H,14-15,19H2,1-4H3,(H,37,39). The first-order chi connectivity index (χ1) is 20.4. The summed E-state index contributed by atoms with van der Waals surface area (Å²) in [5, 5.41) is 2.71. The quantitative estimate of drug-likeness (QED) is 0.130. The molecule has 14 heteroatoms. The summed E-state index contributed by atoms with van der Waals surface area (Å²) in [7, 11) is -0.472. The molecule has 0 heterocycles.